The van der Waals surface area contributed by atoms with Gasteiger partial charge in [0.2, 0.25) is 0 Å². The summed E-state index contributed by atoms with van der Waals surface area (Å²) in [6.45, 7) is 10.9. The van der Waals surface area contributed by atoms with E-state index in [1.165, 1.54) is 11.8 Å². The molecule has 0 bridgehead atoms. The lowest BCUT2D eigenvalue weighted by Crippen LogP contribution is -2.55. The summed E-state index contributed by atoms with van der Waals surface area (Å²) in [6, 6.07) is -0.642. The predicted octanol–water partition coefficient (Wildman–Crippen LogP) is 2.47. The van der Waals surface area contributed by atoms with Crippen LogP contribution in [0, 0.1) is 0 Å². The number of aliphatic imine (C=N–C) groups is 1. The molecule has 8 heteroatoms. The number of hydrogen-bond donors (Lipinski definition) is 1. The number of ether oxygens (including phenoxy) is 1. The monoisotopic (exact) mass is 364 g/mol. The zero-order valence-electron chi connectivity index (χ0n) is 15.0. The van der Waals surface area contributed by atoms with Gasteiger partial charge in [-0.1, -0.05) is 32.5 Å². The number of hydrogen-bond acceptors (Lipinski definition) is 6. The number of thioether (sulfide) groups is 1. The maximum atomic E-state index is 14.6. The number of amidine groups is 1. The maximum absolute atomic E-state index is 14.6. The molecule has 2 aliphatic heterocycles. The molecule has 2 heterocycles. The molecule has 1 fully saturated rings. The Bertz CT molecular complexity index is 470. The van der Waals surface area contributed by atoms with Crippen LogP contribution in [0.1, 0.15) is 20.8 Å². The highest BCUT2D eigenvalue weighted by Gasteiger charge is 2.50. The Morgan fingerprint density at radius 2 is 2.00 bits per heavy atom. The van der Waals surface area contributed by atoms with Gasteiger partial charge in [0.15, 0.2) is 19.7 Å². The van der Waals surface area contributed by atoms with Crippen molar-refractivity contribution in [3.05, 3.63) is 0 Å². The average Bonchev–Trinajstić information content (AvgIpc) is 2.84. The fourth-order valence-corrected chi connectivity index (χ4v) is 4.41. The third-order valence-corrected chi connectivity index (χ3v) is 10.7. The van der Waals surface area contributed by atoms with E-state index in [-0.39, 0.29) is 17.1 Å². The van der Waals surface area contributed by atoms with E-state index in [4.69, 9.17) is 9.16 Å². The highest BCUT2D eigenvalue weighted by molar-refractivity contribution is 8.14. The summed E-state index contributed by atoms with van der Waals surface area (Å²) in [5.41, 5.74) is -0.390. The first-order chi connectivity index (χ1) is 10.4. The molecule has 2 rings (SSSR count). The fourth-order valence-electron chi connectivity index (χ4n) is 2.25. The second-order valence-corrected chi connectivity index (χ2v) is 13.8. The number of halogens is 1. The standard InChI is InChI=1S/C15H29FN2O3SSi/c1-15(2,3)23(6,7)20-8-9-12(19)10(16)11-13(21-9)22-14(17-11)18(4)5/h9-13,19H,8H2,1-7H3. The second-order valence-electron chi connectivity index (χ2n) is 7.96. The Morgan fingerprint density at radius 1 is 1.39 bits per heavy atom. The molecule has 134 valence electrons. The summed E-state index contributed by atoms with van der Waals surface area (Å²) in [5, 5.41) is 11.1. The molecule has 5 unspecified atom stereocenters. The lowest BCUT2D eigenvalue weighted by Gasteiger charge is -2.41. The van der Waals surface area contributed by atoms with Crippen LogP contribution in [0.3, 0.4) is 0 Å². The molecule has 0 aromatic heterocycles. The molecule has 1 saturated heterocycles. The van der Waals surface area contributed by atoms with Crippen LogP contribution in [-0.4, -0.2) is 74.1 Å². The van der Waals surface area contributed by atoms with Crippen molar-refractivity contribution in [1.82, 2.24) is 4.90 Å². The van der Waals surface area contributed by atoms with Crippen molar-refractivity contribution in [3.63, 3.8) is 0 Å². The van der Waals surface area contributed by atoms with E-state index in [0.29, 0.717) is 0 Å². The summed E-state index contributed by atoms with van der Waals surface area (Å²) in [4.78, 5) is 6.18. The van der Waals surface area contributed by atoms with E-state index in [0.717, 1.165) is 5.17 Å². The van der Waals surface area contributed by atoms with Crippen molar-refractivity contribution in [2.45, 2.75) is 68.8 Å². The maximum Gasteiger partial charge on any atom is 0.192 e. The summed E-state index contributed by atoms with van der Waals surface area (Å²) in [7, 11) is 1.77. The minimum atomic E-state index is -1.96. The Morgan fingerprint density at radius 3 is 2.52 bits per heavy atom. The van der Waals surface area contributed by atoms with E-state index in [1.807, 2.05) is 19.0 Å². The highest BCUT2D eigenvalue weighted by Crippen LogP contribution is 2.40. The molecule has 0 aliphatic carbocycles. The van der Waals surface area contributed by atoms with Crippen LogP contribution in [0.5, 0.6) is 0 Å². The molecule has 1 N–H and O–H groups in total. The molecule has 0 aromatic carbocycles. The van der Waals surface area contributed by atoms with Crippen molar-refractivity contribution in [2.75, 3.05) is 20.7 Å². The molecular weight excluding hydrogens is 335 g/mol. The van der Waals surface area contributed by atoms with Crippen LogP contribution >= 0.6 is 11.8 Å². The van der Waals surface area contributed by atoms with Gasteiger partial charge in [0.1, 0.15) is 23.7 Å². The van der Waals surface area contributed by atoms with Gasteiger partial charge in [-0.05, 0) is 18.1 Å². The lowest BCUT2D eigenvalue weighted by atomic mass is 10.0. The van der Waals surface area contributed by atoms with Gasteiger partial charge in [-0.15, -0.1) is 0 Å². The minimum absolute atomic E-state index is 0.0631. The first-order valence-corrected chi connectivity index (χ1v) is 11.8. The average molecular weight is 365 g/mol. The zero-order valence-corrected chi connectivity index (χ0v) is 16.9. The third-order valence-electron chi connectivity index (χ3n) is 4.90. The van der Waals surface area contributed by atoms with Crippen LogP contribution in [0.4, 0.5) is 4.39 Å². The van der Waals surface area contributed by atoms with Gasteiger partial charge in [0, 0.05) is 14.1 Å². The van der Waals surface area contributed by atoms with Crippen molar-refractivity contribution in [1.29, 1.82) is 0 Å². The minimum Gasteiger partial charge on any atom is -0.414 e. The summed E-state index contributed by atoms with van der Waals surface area (Å²) in [6.07, 6.45) is -3.27. The van der Waals surface area contributed by atoms with Crippen LogP contribution in [0.25, 0.3) is 0 Å². The predicted molar refractivity (Wildman–Crippen MR) is 95.2 cm³/mol. The van der Waals surface area contributed by atoms with E-state index >= 15 is 0 Å². The summed E-state index contributed by atoms with van der Waals surface area (Å²) >= 11 is 1.41. The van der Waals surface area contributed by atoms with Gasteiger partial charge >= 0.3 is 0 Å². The Labute approximate surface area is 143 Å². The number of aliphatic hydroxyl groups is 1. The lowest BCUT2D eigenvalue weighted by molar-refractivity contribution is -0.143. The van der Waals surface area contributed by atoms with Crippen molar-refractivity contribution >= 4 is 25.2 Å². The Hall–Kier alpha value is -0.153. The normalized spacial score (nSPS) is 35.0. The summed E-state index contributed by atoms with van der Waals surface area (Å²) < 4.78 is 26.6. The van der Waals surface area contributed by atoms with Crippen molar-refractivity contribution < 1.29 is 18.7 Å². The number of aliphatic hydroxyl groups excluding tert-OH is 1. The number of alkyl halides is 1. The third kappa shape index (κ3) is 3.92. The van der Waals surface area contributed by atoms with Crippen LogP contribution < -0.4 is 0 Å². The van der Waals surface area contributed by atoms with Gasteiger partial charge in [0.05, 0.1) is 6.61 Å². The molecule has 0 radical (unpaired) electrons. The number of nitrogens with zero attached hydrogens (tertiary/aromatic N) is 2. The van der Waals surface area contributed by atoms with E-state index in [1.54, 1.807) is 0 Å². The van der Waals surface area contributed by atoms with Gasteiger partial charge in [-0.3, -0.25) is 4.99 Å². The SMILES string of the molecule is CN(C)C1=NC2C(OC(CO[Si](C)(C)C(C)(C)C)C(O)C2F)S1. The van der Waals surface area contributed by atoms with Gasteiger partial charge in [0.25, 0.3) is 0 Å². The van der Waals surface area contributed by atoms with E-state index in [2.05, 4.69) is 38.9 Å². The molecule has 5 atom stereocenters. The number of fused-ring (bicyclic) bond motifs is 1. The molecular formula is C15H29FN2O3SSi. The Balaban J connectivity index is 2.02. The smallest absolute Gasteiger partial charge is 0.192 e. The van der Waals surface area contributed by atoms with Crippen LogP contribution in [0.15, 0.2) is 4.99 Å². The Kier molecular flexibility index (Phi) is 5.53. The molecule has 23 heavy (non-hydrogen) atoms. The van der Waals surface area contributed by atoms with Crippen molar-refractivity contribution in [3.8, 4) is 0 Å². The first kappa shape index (κ1) is 19.2. The molecule has 0 spiro atoms. The molecule has 0 aromatic rings. The molecule has 0 amide bonds. The molecule has 5 nitrogen and oxygen atoms in total. The first-order valence-electron chi connectivity index (χ1n) is 7.97. The van der Waals surface area contributed by atoms with Crippen molar-refractivity contribution in [2.24, 2.45) is 4.99 Å². The van der Waals surface area contributed by atoms with Gasteiger partial charge in [-0.2, -0.15) is 0 Å². The second kappa shape index (κ2) is 6.63. The topological polar surface area (TPSA) is 54.3 Å². The number of rotatable bonds is 3. The van der Waals surface area contributed by atoms with Gasteiger partial charge in [-0.25, -0.2) is 4.39 Å². The highest BCUT2D eigenvalue weighted by atomic mass is 32.2. The van der Waals surface area contributed by atoms with E-state index < -0.39 is 32.7 Å². The van der Waals surface area contributed by atoms with E-state index in [9.17, 15) is 9.50 Å². The summed E-state index contributed by atoms with van der Waals surface area (Å²) in [5.74, 6) is 0. The van der Waals surface area contributed by atoms with Crippen LogP contribution in [0.2, 0.25) is 18.1 Å². The van der Waals surface area contributed by atoms with Crippen LogP contribution in [-0.2, 0) is 9.16 Å². The molecule has 2 aliphatic rings. The largest absolute Gasteiger partial charge is 0.414 e. The molecule has 0 saturated carbocycles. The fraction of sp³-hybridized carbons (Fsp3) is 0.933. The zero-order chi connectivity index (χ0) is 17.6. The van der Waals surface area contributed by atoms with Gasteiger partial charge < -0.3 is 19.2 Å². The quantitative estimate of drug-likeness (QED) is 0.780.